The Bertz CT molecular complexity index is 821. The zero-order valence-electron chi connectivity index (χ0n) is 13.2. The SMILES string of the molecule is COC(=O)C(CO)NS(=O)(=O)c1ccc(Oc2ccc(Cl)cc2)cc1. The number of aliphatic hydroxyl groups excluding tert-OH is 1. The monoisotopic (exact) mass is 385 g/mol. The van der Waals surface area contributed by atoms with Crippen molar-refractivity contribution < 1.29 is 27.8 Å². The molecule has 0 radical (unpaired) electrons. The maximum absolute atomic E-state index is 12.2. The first-order valence-corrected chi connectivity index (χ1v) is 8.96. The Morgan fingerprint density at radius 1 is 1.12 bits per heavy atom. The number of halogens is 1. The summed E-state index contributed by atoms with van der Waals surface area (Å²) in [5, 5.41) is 9.68. The topological polar surface area (TPSA) is 102 Å². The maximum Gasteiger partial charge on any atom is 0.326 e. The Labute approximate surface area is 150 Å². The molecule has 0 heterocycles. The van der Waals surface area contributed by atoms with Crippen LogP contribution in [0.1, 0.15) is 0 Å². The first-order valence-electron chi connectivity index (χ1n) is 7.10. The van der Waals surface area contributed by atoms with Crippen LogP contribution in [0.25, 0.3) is 0 Å². The van der Waals surface area contributed by atoms with Gasteiger partial charge in [-0.15, -0.1) is 0 Å². The minimum atomic E-state index is -4.01. The highest BCUT2D eigenvalue weighted by Gasteiger charge is 2.25. The van der Waals surface area contributed by atoms with Gasteiger partial charge in [0.1, 0.15) is 17.5 Å². The summed E-state index contributed by atoms with van der Waals surface area (Å²) in [5.74, 6) is 0.0888. The lowest BCUT2D eigenvalue weighted by molar-refractivity contribution is -0.143. The van der Waals surface area contributed by atoms with Gasteiger partial charge < -0.3 is 14.6 Å². The smallest absolute Gasteiger partial charge is 0.326 e. The fourth-order valence-corrected chi connectivity index (χ4v) is 3.18. The number of aliphatic hydroxyl groups is 1. The number of rotatable bonds is 7. The number of carbonyl (C=O) groups excluding carboxylic acids is 1. The van der Waals surface area contributed by atoms with Crippen LogP contribution in [0.5, 0.6) is 11.5 Å². The molecule has 9 heteroatoms. The Morgan fingerprint density at radius 3 is 2.12 bits per heavy atom. The van der Waals surface area contributed by atoms with Gasteiger partial charge in [0.15, 0.2) is 0 Å². The van der Waals surface area contributed by atoms with Crippen molar-refractivity contribution in [2.45, 2.75) is 10.9 Å². The molecule has 0 fully saturated rings. The second-order valence-corrected chi connectivity index (χ2v) is 7.06. The fourth-order valence-electron chi connectivity index (χ4n) is 1.88. The minimum absolute atomic E-state index is 0.0849. The number of hydrogen-bond acceptors (Lipinski definition) is 6. The number of nitrogens with one attached hydrogen (secondary N) is 1. The number of sulfonamides is 1. The van der Waals surface area contributed by atoms with Gasteiger partial charge in [-0.2, -0.15) is 4.72 Å². The van der Waals surface area contributed by atoms with E-state index in [9.17, 15) is 13.2 Å². The minimum Gasteiger partial charge on any atom is -0.468 e. The average Bonchev–Trinajstić information content (AvgIpc) is 2.61. The number of methoxy groups -OCH3 is 1. The van der Waals surface area contributed by atoms with Crippen LogP contribution in [0.15, 0.2) is 53.4 Å². The van der Waals surface area contributed by atoms with Gasteiger partial charge in [-0.05, 0) is 48.5 Å². The molecule has 0 bridgehead atoms. The lowest BCUT2D eigenvalue weighted by Crippen LogP contribution is -2.43. The van der Waals surface area contributed by atoms with Crippen LogP contribution in [-0.4, -0.2) is 39.3 Å². The Kier molecular flexibility index (Phi) is 6.38. The summed E-state index contributed by atoms with van der Waals surface area (Å²) >= 11 is 5.79. The summed E-state index contributed by atoms with van der Waals surface area (Å²) in [6, 6.07) is 10.9. The summed E-state index contributed by atoms with van der Waals surface area (Å²) in [5.41, 5.74) is 0. The third kappa shape index (κ3) is 5.17. The Morgan fingerprint density at radius 2 is 1.64 bits per heavy atom. The molecule has 0 spiro atoms. The molecule has 1 unspecified atom stereocenters. The molecule has 2 rings (SSSR count). The van der Waals surface area contributed by atoms with Crippen LogP contribution in [0.3, 0.4) is 0 Å². The van der Waals surface area contributed by atoms with E-state index < -0.39 is 28.6 Å². The Hall–Kier alpha value is -2.13. The van der Waals surface area contributed by atoms with E-state index in [1.54, 1.807) is 24.3 Å². The molecule has 2 aromatic carbocycles. The second-order valence-electron chi connectivity index (χ2n) is 4.91. The number of hydrogen-bond donors (Lipinski definition) is 2. The van der Waals surface area contributed by atoms with E-state index in [1.165, 1.54) is 24.3 Å². The first kappa shape index (κ1) is 19.2. The molecule has 0 aliphatic heterocycles. The lowest BCUT2D eigenvalue weighted by atomic mass is 10.3. The molecular weight excluding hydrogens is 370 g/mol. The van der Waals surface area contributed by atoms with Crippen LogP contribution in [0, 0.1) is 0 Å². The second kappa shape index (κ2) is 8.30. The average molecular weight is 386 g/mol. The van der Waals surface area contributed by atoms with E-state index in [1.807, 2.05) is 0 Å². The number of benzene rings is 2. The predicted octanol–water partition coefficient (Wildman–Crippen LogP) is 1.94. The molecule has 0 saturated carbocycles. The fraction of sp³-hybridized carbons (Fsp3) is 0.188. The highest BCUT2D eigenvalue weighted by Crippen LogP contribution is 2.24. The van der Waals surface area contributed by atoms with Gasteiger partial charge in [-0.25, -0.2) is 8.42 Å². The van der Waals surface area contributed by atoms with Crippen LogP contribution in [0.2, 0.25) is 5.02 Å². The van der Waals surface area contributed by atoms with Gasteiger partial charge in [0.2, 0.25) is 10.0 Å². The molecule has 7 nitrogen and oxygen atoms in total. The molecule has 0 aliphatic carbocycles. The van der Waals surface area contributed by atoms with Crippen molar-refractivity contribution in [3.8, 4) is 11.5 Å². The molecule has 0 aromatic heterocycles. The molecule has 2 N–H and O–H groups in total. The third-order valence-corrected chi connectivity index (χ3v) is 4.89. The third-order valence-electron chi connectivity index (χ3n) is 3.15. The van der Waals surface area contributed by atoms with Crippen molar-refractivity contribution in [3.63, 3.8) is 0 Å². The molecule has 0 aliphatic rings. The lowest BCUT2D eigenvalue weighted by Gasteiger charge is -2.14. The van der Waals surface area contributed by atoms with Gasteiger partial charge >= 0.3 is 5.97 Å². The van der Waals surface area contributed by atoms with Crippen LogP contribution in [0.4, 0.5) is 0 Å². The Balaban J connectivity index is 2.12. The summed E-state index contributed by atoms with van der Waals surface area (Å²) < 4.78 is 36.6. The molecule has 134 valence electrons. The summed E-state index contributed by atoms with van der Waals surface area (Å²) in [6.07, 6.45) is 0. The van der Waals surface area contributed by atoms with E-state index in [2.05, 4.69) is 9.46 Å². The van der Waals surface area contributed by atoms with Gasteiger partial charge in [-0.3, -0.25) is 4.79 Å². The quantitative estimate of drug-likeness (QED) is 0.706. The molecule has 0 saturated heterocycles. The molecule has 1 atom stereocenters. The zero-order chi connectivity index (χ0) is 18.4. The van der Waals surface area contributed by atoms with E-state index in [-0.39, 0.29) is 4.90 Å². The summed E-state index contributed by atoms with van der Waals surface area (Å²) in [4.78, 5) is 11.3. The van der Waals surface area contributed by atoms with Crippen LogP contribution in [-0.2, 0) is 19.6 Å². The molecular formula is C16H16ClNO6S. The van der Waals surface area contributed by atoms with Crippen molar-refractivity contribution in [3.05, 3.63) is 53.6 Å². The zero-order valence-corrected chi connectivity index (χ0v) is 14.8. The number of esters is 1. The predicted molar refractivity (Wildman–Crippen MR) is 91.2 cm³/mol. The normalized spacial score (nSPS) is 12.4. The van der Waals surface area contributed by atoms with E-state index in [0.717, 1.165) is 7.11 Å². The summed E-state index contributed by atoms with van der Waals surface area (Å²) in [7, 11) is -2.91. The largest absolute Gasteiger partial charge is 0.468 e. The van der Waals surface area contributed by atoms with Gasteiger partial charge in [-0.1, -0.05) is 11.6 Å². The number of carbonyl (C=O) groups is 1. The maximum atomic E-state index is 12.2. The highest BCUT2D eigenvalue weighted by molar-refractivity contribution is 7.89. The van der Waals surface area contributed by atoms with Crippen molar-refractivity contribution >= 4 is 27.6 Å². The highest BCUT2D eigenvalue weighted by atomic mass is 35.5. The molecule has 0 amide bonds. The summed E-state index contributed by atoms with van der Waals surface area (Å²) in [6.45, 7) is -0.719. The van der Waals surface area contributed by atoms with Crippen molar-refractivity contribution in [1.82, 2.24) is 4.72 Å². The van der Waals surface area contributed by atoms with Crippen molar-refractivity contribution in [2.75, 3.05) is 13.7 Å². The molecule has 2 aromatic rings. The van der Waals surface area contributed by atoms with Gasteiger partial charge in [0.25, 0.3) is 0 Å². The van der Waals surface area contributed by atoms with Gasteiger partial charge in [0, 0.05) is 5.02 Å². The molecule has 25 heavy (non-hydrogen) atoms. The van der Waals surface area contributed by atoms with Gasteiger partial charge in [0.05, 0.1) is 18.6 Å². The van der Waals surface area contributed by atoms with Crippen molar-refractivity contribution in [1.29, 1.82) is 0 Å². The number of ether oxygens (including phenoxy) is 2. The van der Waals surface area contributed by atoms with E-state index in [4.69, 9.17) is 21.4 Å². The van der Waals surface area contributed by atoms with Crippen LogP contribution >= 0.6 is 11.6 Å². The van der Waals surface area contributed by atoms with E-state index in [0.29, 0.717) is 16.5 Å². The van der Waals surface area contributed by atoms with Crippen molar-refractivity contribution in [2.24, 2.45) is 0 Å². The standard InChI is InChI=1S/C16H16ClNO6S/c1-23-16(20)15(10-19)18-25(21,22)14-8-6-13(7-9-14)24-12-4-2-11(17)3-5-12/h2-9,15,18-19H,10H2,1H3. The van der Waals surface area contributed by atoms with Crippen LogP contribution < -0.4 is 9.46 Å². The van der Waals surface area contributed by atoms with E-state index >= 15 is 0 Å². The first-order chi connectivity index (χ1) is 11.9.